The standard InChI is InChI=1S/C21H19ClFN3O2/c1-13(27)14-2-5-16(6-3-14)25-8-10-26(11-9-25)21(28)20-19(22)17-12-15(23)4-7-18(17)24-20/h2-7,12,24H,8-11H2,1H3. The summed E-state index contributed by atoms with van der Waals surface area (Å²) in [6, 6.07) is 11.7. The van der Waals surface area contributed by atoms with Crippen LogP contribution in [0.25, 0.3) is 10.9 Å². The second-order valence-electron chi connectivity index (χ2n) is 6.89. The molecule has 0 radical (unpaired) electrons. The first kappa shape index (κ1) is 18.5. The summed E-state index contributed by atoms with van der Waals surface area (Å²) in [6.07, 6.45) is 0. The Kier molecular flexibility index (Phi) is 4.81. The molecule has 0 aliphatic carbocycles. The maximum atomic E-state index is 13.5. The van der Waals surface area contributed by atoms with Gasteiger partial charge in [-0.2, -0.15) is 0 Å². The normalized spacial score (nSPS) is 14.5. The van der Waals surface area contributed by atoms with E-state index in [1.54, 1.807) is 17.9 Å². The molecule has 1 saturated heterocycles. The maximum Gasteiger partial charge on any atom is 0.271 e. The van der Waals surface area contributed by atoms with Gasteiger partial charge in [0.25, 0.3) is 5.91 Å². The first-order chi connectivity index (χ1) is 13.4. The Balaban J connectivity index is 1.47. The molecule has 0 atom stereocenters. The predicted molar refractivity (Wildman–Crippen MR) is 108 cm³/mol. The van der Waals surface area contributed by atoms with E-state index in [-0.39, 0.29) is 16.7 Å². The van der Waals surface area contributed by atoms with Gasteiger partial charge in [0, 0.05) is 48.3 Å². The van der Waals surface area contributed by atoms with Crippen LogP contribution in [0.1, 0.15) is 27.8 Å². The van der Waals surface area contributed by atoms with E-state index in [2.05, 4.69) is 9.88 Å². The fourth-order valence-electron chi connectivity index (χ4n) is 3.51. The van der Waals surface area contributed by atoms with Gasteiger partial charge in [0.1, 0.15) is 11.5 Å². The van der Waals surface area contributed by atoms with Crippen LogP contribution in [-0.4, -0.2) is 47.8 Å². The van der Waals surface area contributed by atoms with Gasteiger partial charge in [-0.1, -0.05) is 11.6 Å². The van der Waals surface area contributed by atoms with Crippen LogP contribution in [0.15, 0.2) is 42.5 Å². The zero-order chi connectivity index (χ0) is 19.8. The molecular weight excluding hydrogens is 381 g/mol. The molecule has 3 aromatic rings. The minimum Gasteiger partial charge on any atom is -0.368 e. The maximum absolute atomic E-state index is 13.5. The highest BCUT2D eigenvalue weighted by Gasteiger charge is 2.26. The van der Waals surface area contributed by atoms with Gasteiger partial charge < -0.3 is 14.8 Å². The lowest BCUT2D eigenvalue weighted by Gasteiger charge is -2.36. The largest absolute Gasteiger partial charge is 0.368 e. The Morgan fingerprint density at radius 2 is 1.71 bits per heavy atom. The van der Waals surface area contributed by atoms with Crippen LogP contribution in [0.4, 0.5) is 10.1 Å². The third kappa shape index (κ3) is 3.36. The summed E-state index contributed by atoms with van der Waals surface area (Å²) in [4.78, 5) is 31.2. The van der Waals surface area contributed by atoms with Gasteiger partial charge in [-0.3, -0.25) is 9.59 Å². The number of hydrogen-bond acceptors (Lipinski definition) is 3. The van der Waals surface area contributed by atoms with E-state index in [4.69, 9.17) is 11.6 Å². The third-order valence-corrected chi connectivity index (χ3v) is 5.51. The Bertz CT molecular complexity index is 1050. The number of fused-ring (bicyclic) bond motifs is 1. The highest BCUT2D eigenvalue weighted by atomic mass is 35.5. The number of amides is 1. The molecule has 1 N–H and O–H groups in total. The second-order valence-corrected chi connectivity index (χ2v) is 7.26. The number of benzene rings is 2. The molecule has 1 aliphatic heterocycles. The first-order valence-corrected chi connectivity index (χ1v) is 9.44. The first-order valence-electron chi connectivity index (χ1n) is 9.06. The number of piperazine rings is 1. The lowest BCUT2D eigenvalue weighted by atomic mass is 10.1. The summed E-state index contributed by atoms with van der Waals surface area (Å²) >= 11 is 6.32. The van der Waals surface area contributed by atoms with Gasteiger partial charge in [-0.25, -0.2) is 4.39 Å². The molecule has 1 fully saturated rings. The van der Waals surface area contributed by atoms with Crippen LogP contribution < -0.4 is 4.90 Å². The zero-order valence-electron chi connectivity index (χ0n) is 15.3. The summed E-state index contributed by atoms with van der Waals surface area (Å²) in [5.41, 5.74) is 2.64. The molecule has 4 rings (SSSR count). The topological polar surface area (TPSA) is 56.4 Å². The molecule has 0 bridgehead atoms. The number of carbonyl (C=O) groups is 2. The van der Waals surface area contributed by atoms with E-state index in [0.29, 0.717) is 48.3 Å². The lowest BCUT2D eigenvalue weighted by molar-refractivity contribution is 0.0742. The van der Waals surface area contributed by atoms with E-state index < -0.39 is 5.82 Å². The van der Waals surface area contributed by atoms with E-state index >= 15 is 0 Å². The van der Waals surface area contributed by atoms with Crippen molar-refractivity contribution in [2.24, 2.45) is 0 Å². The average molecular weight is 400 g/mol. The number of halogens is 2. The van der Waals surface area contributed by atoms with Crippen LogP contribution in [-0.2, 0) is 0 Å². The van der Waals surface area contributed by atoms with Gasteiger partial charge in [-0.05, 0) is 49.4 Å². The molecule has 0 spiro atoms. The highest BCUT2D eigenvalue weighted by Crippen LogP contribution is 2.29. The number of aromatic nitrogens is 1. The van der Waals surface area contributed by atoms with Crippen molar-refractivity contribution in [2.45, 2.75) is 6.92 Å². The van der Waals surface area contributed by atoms with Crippen molar-refractivity contribution >= 4 is 39.9 Å². The summed E-state index contributed by atoms with van der Waals surface area (Å²) in [5.74, 6) is -0.540. The predicted octanol–water partition coefficient (Wildman–Crippen LogP) is 4.13. The molecule has 2 heterocycles. The molecule has 5 nitrogen and oxygen atoms in total. The van der Waals surface area contributed by atoms with Crippen molar-refractivity contribution in [3.63, 3.8) is 0 Å². The number of Topliss-reactive ketones (excluding diaryl/α,β-unsaturated/α-hetero) is 1. The summed E-state index contributed by atoms with van der Waals surface area (Å²) in [5, 5.41) is 0.760. The van der Waals surface area contributed by atoms with Gasteiger partial charge in [0.05, 0.1) is 5.02 Å². The van der Waals surface area contributed by atoms with Gasteiger partial charge in [0.15, 0.2) is 5.78 Å². The van der Waals surface area contributed by atoms with Crippen molar-refractivity contribution in [3.05, 3.63) is 64.6 Å². The molecule has 1 aromatic heterocycles. The highest BCUT2D eigenvalue weighted by molar-refractivity contribution is 6.38. The van der Waals surface area contributed by atoms with Crippen molar-refractivity contribution in [1.82, 2.24) is 9.88 Å². The second kappa shape index (κ2) is 7.28. The quantitative estimate of drug-likeness (QED) is 0.674. The molecular formula is C21H19ClFN3O2. The SMILES string of the molecule is CC(=O)c1ccc(N2CCN(C(=O)c3[nH]c4ccc(F)cc4c3Cl)CC2)cc1. The molecule has 1 amide bonds. The summed E-state index contributed by atoms with van der Waals surface area (Å²) < 4.78 is 13.5. The smallest absolute Gasteiger partial charge is 0.271 e. The van der Waals surface area contributed by atoms with Crippen molar-refractivity contribution in [3.8, 4) is 0 Å². The number of aromatic amines is 1. The van der Waals surface area contributed by atoms with Gasteiger partial charge >= 0.3 is 0 Å². The van der Waals surface area contributed by atoms with Crippen LogP contribution in [0.5, 0.6) is 0 Å². The number of ketones is 1. The van der Waals surface area contributed by atoms with Gasteiger partial charge in [0.2, 0.25) is 0 Å². The lowest BCUT2D eigenvalue weighted by Crippen LogP contribution is -2.49. The summed E-state index contributed by atoms with van der Waals surface area (Å²) in [6.45, 7) is 4.00. The molecule has 144 valence electrons. The minimum absolute atomic E-state index is 0.0389. The number of H-pyrrole nitrogens is 1. The Morgan fingerprint density at radius 3 is 2.36 bits per heavy atom. The molecule has 2 aromatic carbocycles. The Morgan fingerprint density at radius 1 is 1.04 bits per heavy atom. The molecule has 28 heavy (non-hydrogen) atoms. The van der Waals surface area contributed by atoms with E-state index in [1.165, 1.54) is 12.1 Å². The molecule has 0 unspecified atom stereocenters. The van der Waals surface area contributed by atoms with E-state index in [1.807, 2.05) is 24.3 Å². The van der Waals surface area contributed by atoms with E-state index in [0.717, 1.165) is 5.69 Å². The fraction of sp³-hybridized carbons (Fsp3) is 0.238. The molecule has 1 aliphatic rings. The van der Waals surface area contributed by atoms with Crippen molar-refractivity contribution in [2.75, 3.05) is 31.1 Å². The third-order valence-electron chi connectivity index (χ3n) is 5.12. The number of anilines is 1. The van der Waals surface area contributed by atoms with Crippen molar-refractivity contribution < 1.29 is 14.0 Å². The molecule has 7 heteroatoms. The monoisotopic (exact) mass is 399 g/mol. The van der Waals surface area contributed by atoms with Crippen LogP contribution >= 0.6 is 11.6 Å². The zero-order valence-corrected chi connectivity index (χ0v) is 16.1. The number of nitrogens with zero attached hydrogens (tertiary/aromatic N) is 2. The minimum atomic E-state index is -0.392. The fourth-order valence-corrected chi connectivity index (χ4v) is 3.80. The molecule has 0 saturated carbocycles. The number of carbonyl (C=O) groups excluding carboxylic acids is 2. The van der Waals surface area contributed by atoms with Crippen LogP contribution in [0.3, 0.4) is 0 Å². The number of rotatable bonds is 3. The summed E-state index contributed by atoms with van der Waals surface area (Å²) in [7, 11) is 0. The van der Waals surface area contributed by atoms with E-state index in [9.17, 15) is 14.0 Å². The number of nitrogens with one attached hydrogen (secondary N) is 1. The Hall–Kier alpha value is -2.86. The number of hydrogen-bond donors (Lipinski definition) is 1. The van der Waals surface area contributed by atoms with Crippen LogP contribution in [0, 0.1) is 5.82 Å². The van der Waals surface area contributed by atoms with Crippen molar-refractivity contribution in [1.29, 1.82) is 0 Å². The Labute approximate surface area is 166 Å². The average Bonchev–Trinajstić information content (AvgIpc) is 3.03. The van der Waals surface area contributed by atoms with Crippen LogP contribution in [0.2, 0.25) is 5.02 Å². The van der Waals surface area contributed by atoms with Gasteiger partial charge in [-0.15, -0.1) is 0 Å².